The molecule has 0 saturated carbocycles. The summed E-state index contributed by atoms with van der Waals surface area (Å²) in [6, 6.07) is 18.1. The third-order valence-corrected chi connectivity index (χ3v) is 3.54. The fourth-order valence-corrected chi connectivity index (χ4v) is 2.43. The van der Waals surface area contributed by atoms with Crippen molar-refractivity contribution < 1.29 is 19.7 Å². The zero-order valence-corrected chi connectivity index (χ0v) is 12.6. The Bertz CT molecular complexity index is 888. The fourth-order valence-electron chi connectivity index (χ4n) is 2.43. The predicted octanol–water partition coefficient (Wildman–Crippen LogP) is 4.13. The quantitative estimate of drug-likeness (QED) is 0.628. The Morgan fingerprint density at radius 2 is 1.54 bits per heavy atom. The van der Waals surface area contributed by atoms with E-state index in [1.807, 2.05) is 0 Å². The highest BCUT2D eigenvalue weighted by Gasteiger charge is 2.20. The molecule has 0 bridgehead atoms. The molecule has 0 atom stereocenters. The van der Waals surface area contributed by atoms with E-state index in [0.29, 0.717) is 22.6 Å². The number of nitrogen functional groups attached to an aromatic ring is 1. The Hall–Kier alpha value is -3.47. The molecule has 5 heteroatoms. The van der Waals surface area contributed by atoms with Gasteiger partial charge in [0.05, 0.1) is 0 Å². The van der Waals surface area contributed by atoms with Crippen LogP contribution in [-0.2, 0) is 0 Å². The molecule has 0 radical (unpaired) electrons. The zero-order chi connectivity index (χ0) is 17.1. The molecule has 0 aliphatic carbocycles. The number of hydrogen-bond acceptors (Lipinski definition) is 4. The molecular weight excluding hydrogens is 306 g/mol. The van der Waals surface area contributed by atoms with E-state index in [2.05, 4.69) is 0 Å². The third kappa shape index (κ3) is 3.01. The number of hydrogen-bond donors (Lipinski definition) is 3. The lowest BCUT2D eigenvalue weighted by molar-refractivity contribution is 0.0695. The Morgan fingerprint density at radius 3 is 2.21 bits per heavy atom. The summed E-state index contributed by atoms with van der Waals surface area (Å²) in [7, 11) is 0. The summed E-state index contributed by atoms with van der Waals surface area (Å²) >= 11 is 0. The second-order valence-electron chi connectivity index (χ2n) is 5.17. The lowest BCUT2D eigenvalue weighted by Gasteiger charge is -2.13. The number of carboxylic acid groups (broad SMARTS) is 1. The molecule has 0 aliphatic rings. The average Bonchev–Trinajstić information content (AvgIpc) is 2.57. The number of benzene rings is 3. The maximum absolute atomic E-state index is 11.8. The number of aromatic carboxylic acids is 1. The number of phenolic OH excluding ortho intramolecular Hbond substituents is 1. The van der Waals surface area contributed by atoms with Gasteiger partial charge in [0.15, 0.2) is 0 Å². The van der Waals surface area contributed by atoms with Crippen molar-refractivity contribution in [2.75, 3.05) is 5.73 Å². The first-order valence-corrected chi connectivity index (χ1v) is 7.24. The van der Waals surface area contributed by atoms with Crippen LogP contribution < -0.4 is 10.5 Å². The van der Waals surface area contributed by atoms with Crippen molar-refractivity contribution >= 4 is 11.7 Å². The monoisotopic (exact) mass is 321 g/mol. The van der Waals surface area contributed by atoms with Crippen molar-refractivity contribution in [3.8, 4) is 28.4 Å². The first-order valence-electron chi connectivity index (χ1n) is 7.24. The largest absolute Gasteiger partial charge is 0.507 e. The third-order valence-electron chi connectivity index (χ3n) is 3.54. The van der Waals surface area contributed by atoms with Gasteiger partial charge >= 0.3 is 5.97 Å². The summed E-state index contributed by atoms with van der Waals surface area (Å²) in [6.45, 7) is 0. The van der Waals surface area contributed by atoms with Crippen LogP contribution in [-0.4, -0.2) is 16.2 Å². The molecule has 3 aromatic carbocycles. The molecule has 0 aromatic heterocycles. The van der Waals surface area contributed by atoms with Crippen LogP contribution in [0.25, 0.3) is 11.1 Å². The smallest absolute Gasteiger partial charge is 0.340 e. The number of para-hydroxylation sites is 1. The van der Waals surface area contributed by atoms with E-state index >= 15 is 0 Å². The van der Waals surface area contributed by atoms with Gasteiger partial charge in [-0.3, -0.25) is 0 Å². The van der Waals surface area contributed by atoms with E-state index in [-0.39, 0.29) is 17.1 Å². The van der Waals surface area contributed by atoms with E-state index in [9.17, 15) is 15.0 Å². The van der Waals surface area contributed by atoms with Gasteiger partial charge in [0.2, 0.25) is 0 Å². The maximum Gasteiger partial charge on any atom is 0.340 e. The highest BCUT2D eigenvalue weighted by Crippen LogP contribution is 2.37. The molecular formula is C19H15NO4. The number of carboxylic acids is 1. The summed E-state index contributed by atoms with van der Waals surface area (Å²) in [5.74, 6) is -0.474. The van der Waals surface area contributed by atoms with Crippen LogP contribution in [0.1, 0.15) is 10.4 Å². The van der Waals surface area contributed by atoms with Gasteiger partial charge in [-0.2, -0.15) is 0 Å². The normalized spacial score (nSPS) is 10.3. The standard InChI is InChI=1S/C19H15NO4/c20-12-8-10-13(11-9-12)24-17-7-3-5-15(18(17)19(22)23)14-4-1-2-6-16(14)21/h1-11,21H,20H2,(H,22,23). The molecule has 4 N–H and O–H groups in total. The number of nitrogens with two attached hydrogens (primary N) is 1. The number of carbonyl (C=O) groups is 1. The van der Waals surface area contributed by atoms with Crippen LogP contribution in [0, 0.1) is 0 Å². The second kappa shape index (κ2) is 6.34. The van der Waals surface area contributed by atoms with Gasteiger partial charge in [-0.15, -0.1) is 0 Å². The Balaban J connectivity index is 2.11. The lowest BCUT2D eigenvalue weighted by Crippen LogP contribution is -2.03. The van der Waals surface area contributed by atoms with Gasteiger partial charge in [0, 0.05) is 16.8 Å². The minimum absolute atomic E-state index is 0.00429. The first-order chi connectivity index (χ1) is 11.6. The van der Waals surface area contributed by atoms with Crippen molar-refractivity contribution in [2.45, 2.75) is 0 Å². The Morgan fingerprint density at radius 1 is 0.875 bits per heavy atom. The number of ether oxygens (including phenoxy) is 1. The highest BCUT2D eigenvalue weighted by molar-refractivity contribution is 5.99. The SMILES string of the molecule is Nc1ccc(Oc2cccc(-c3ccccc3O)c2C(=O)O)cc1. The number of aromatic hydroxyl groups is 1. The second-order valence-corrected chi connectivity index (χ2v) is 5.17. The van der Waals surface area contributed by atoms with Crippen molar-refractivity contribution in [3.05, 3.63) is 72.3 Å². The molecule has 3 rings (SSSR count). The zero-order valence-electron chi connectivity index (χ0n) is 12.6. The number of anilines is 1. The van der Waals surface area contributed by atoms with E-state index in [1.165, 1.54) is 6.07 Å². The van der Waals surface area contributed by atoms with E-state index in [0.717, 1.165) is 0 Å². The topological polar surface area (TPSA) is 92.8 Å². The van der Waals surface area contributed by atoms with Gasteiger partial charge in [0.1, 0.15) is 22.8 Å². The predicted molar refractivity (Wildman–Crippen MR) is 91.4 cm³/mol. The van der Waals surface area contributed by atoms with Gasteiger partial charge in [-0.05, 0) is 36.4 Å². The van der Waals surface area contributed by atoms with Crippen LogP contribution in [0.2, 0.25) is 0 Å². The molecule has 0 spiro atoms. The Labute approximate surface area is 138 Å². The van der Waals surface area contributed by atoms with Crippen molar-refractivity contribution in [3.63, 3.8) is 0 Å². The Kier molecular flexibility index (Phi) is 4.07. The minimum atomic E-state index is -1.14. The van der Waals surface area contributed by atoms with Crippen LogP contribution >= 0.6 is 0 Å². The van der Waals surface area contributed by atoms with Gasteiger partial charge in [-0.1, -0.05) is 30.3 Å². The van der Waals surface area contributed by atoms with E-state index in [1.54, 1.807) is 60.7 Å². The fraction of sp³-hybridized carbons (Fsp3) is 0. The molecule has 3 aromatic rings. The number of rotatable bonds is 4. The van der Waals surface area contributed by atoms with E-state index in [4.69, 9.17) is 10.5 Å². The van der Waals surface area contributed by atoms with Gasteiger partial charge in [0.25, 0.3) is 0 Å². The molecule has 0 unspecified atom stereocenters. The maximum atomic E-state index is 11.8. The molecule has 120 valence electrons. The van der Waals surface area contributed by atoms with Crippen LogP contribution in [0.3, 0.4) is 0 Å². The molecule has 0 saturated heterocycles. The van der Waals surface area contributed by atoms with Gasteiger partial charge < -0.3 is 20.7 Å². The summed E-state index contributed by atoms with van der Waals surface area (Å²) in [4.78, 5) is 11.8. The van der Waals surface area contributed by atoms with Crippen molar-refractivity contribution in [2.24, 2.45) is 0 Å². The first kappa shape index (κ1) is 15.4. The van der Waals surface area contributed by atoms with Crippen LogP contribution in [0.15, 0.2) is 66.7 Å². The van der Waals surface area contributed by atoms with E-state index < -0.39 is 5.97 Å². The molecule has 5 nitrogen and oxygen atoms in total. The highest BCUT2D eigenvalue weighted by atomic mass is 16.5. The van der Waals surface area contributed by atoms with Crippen LogP contribution in [0.4, 0.5) is 5.69 Å². The van der Waals surface area contributed by atoms with Crippen molar-refractivity contribution in [1.29, 1.82) is 0 Å². The average molecular weight is 321 g/mol. The summed E-state index contributed by atoms with van der Waals surface area (Å²) in [6.07, 6.45) is 0. The number of phenols is 1. The van der Waals surface area contributed by atoms with Crippen LogP contribution in [0.5, 0.6) is 17.2 Å². The summed E-state index contributed by atoms with van der Waals surface area (Å²) in [5, 5.41) is 19.7. The molecule has 0 heterocycles. The molecule has 0 aliphatic heterocycles. The minimum Gasteiger partial charge on any atom is -0.507 e. The summed E-state index contributed by atoms with van der Waals surface area (Å²) < 4.78 is 5.71. The molecule has 0 amide bonds. The van der Waals surface area contributed by atoms with Gasteiger partial charge in [-0.25, -0.2) is 4.79 Å². The molecule has 24 heavy (non-hydrogen) atoms. The summed E-state index contributed by atoms with van der Waals surface area (Å²) in [5.41, 5.74) is 7.02. The lowest BCUT2D eigenvalue weighted by atomic mass is 9.98. The van der Waals surface area contributed by atoms with Crippen molar-refractivity contribution in [1.82, 2.24) is 0 Å². The molecule has 0 fully saturated rings.